The van der Waals surface area contributed by atoms with Crippen LogP contribution in [0.15, 0.2) is 12.3 Å². The highest BCUT2D eigenvalue weighted by atomic mass is 19.1. The maximum Gasteiger partial charge on any atom is 0.179 e. The molecule has 0 aromatic carbocycles. The Morgan fingerprint density at radius 2 is 2.30 bits per heavy atom. The van der Waals surface area contributed by atoms with Gasteiger partial charge in [-0.15, -0.1) is 0 Å². The number of hydrogen-bond donors (Lipinski definition) is 0. The van der Waals surface area contributed by atoms with Gasteiger partial charge in [-0.2, -0.15) is 0 Å². The molecular formula is C7H8FNO. The molecule has 1 rings (SSSR count). The summed E-state index contributed by atoms with van der Waals surface area (Å²) in [4.78, 5) is 10.7. The average Bonchev–Trinajstić information content (AvgIpc) is 2.11. The number of aryl methyl sites for hydroxylation is 1. The van der Waals surface area contributed by atoms with Gasteiger partial charge in [0.25, 0.3) is 0 Å². The Kier molecular flexibility index (Phi) is 1.57. The molecule has 0 spiro atoms. The number of halogens is 1. The van der Waals surface area contributed by atoms with Crippen LogP contribution in [-0.2, 0) is 7.05 Å². The van der Waals surface area contributed by atoms with E-state index in [2.05, 4.69) is 0 Å². The van der Waals surface area contributed by atoms with Gasteiger partial charge in [-0.05, 0) is 6.07 Å². The van der Waals surface area contributed by atoms with E-state index in [9.17, 15) is 9.18 Å². The first-order valence-corrected chi connectivity index (χ1v) is 2.94. The first-order chi connectivity index (χ1) is 4.63. The maximum atomic E-state index is 12.6. The molecule has 0 fully saturated rings. The highest BCUT2D eigenvalue weighted by Crippen LogP contribution is 2.07. The van der Waals surface area contributed by atoms with Crippen molar-refractivity contribution in [2.24, 2.45) is 7.05 Å². The second-order valence-corrected chi connectivity index (χ2v) is 2.18. The minimum atomic E-state index is -0.449. The van der Waals surface area contributed by atoms with Crippen molar-refractivity contribution in [3.8, 4) is 0 Å². The molecule has 2 nitrogen and oxygen atoms in total. The number of ketones is 1. The fraction of sp³-hybridized carbons (Fsp3) is 0.286. The summed E-state index contributed by atoms with van der Waals surface area (Å²) < 4.78 is 14.1. The van der Waals surface area contributed by atoms with E-state index in [1.165, 1.54) is 23.8 Å². The molecule has 0 aliphatic rings. The second-order valence-electron chi connectivity index (χ2n) is 2.18. The van der Waals surface area contributed by atoms with Crippen LogP contribution < -0.4 is 0 Å². The molecule has 0 bridgehead atoms. The molecule has 0 aliphatic heterocycles. The largest absolute Gasteiger partial charge is 0.346 e. The lowest BCUT2D eigenvalue weighted by Gasteiger charge is -1.95. The molecule has 0 radical (unpaired) electrons. The van der Waals surface area contributed by atoms with Crippen LogP contribution in [0.3, 0.4) is 0 Å². The van der Waals surface area contributed by atoms with Crippen LogP contribution in [0.5, 0.6) is 0 Å². The lowest BCUT2D eigenvalue weighted by molar-refractivity contribution is 0.100. The molecule has 54 valence electrons. The normalized spacial score (nSPS) is 9.90. The summed E-state index contributed by atoms with van der Waals surface area (Å²) in [6, 6.07) is 1.27. The van der Waals surface area contributed by atoms with Crippen molar-refractivity contribution in [3.63, 3.8) is 0 Å². The predicted molar refractivity (Wildman–Crippen MR) is 35.4 cm³/mol. The third kappa shape index (κ3) is 0.943. The molecule has 10 heavy (non-hydrogen) atoms. The maximum absolute atomic E-state index is 12.6. The summed E-state index contributed by atoms with van der Waals surface area (Å²) in [5, 5.41) is 0. The van der Waals surface area contributed by atoms with E-state index in [1.54, 1.807) is 7.05 Å². The van der Waals surface area contributed by atoms with E-state index in [1.807, 2.05) is 0 Å². The molecule has 0 amide bonds. The molecular weight excluding hydrogens is 133 g/mol. The quantitative estimate of drug-likeness (QED) is 0.541. The standard InChI is InChI=1S/C7H8FNO/c1-5(10)7-6(8)3-4-9(7)2/h3-4H,1-2H3. The lowest BCUT2D eigenvalue weighted by Crippen LogP contribution is -2.02. The zero-order chi connectivity index (χ0) is 7.72. The molecule has 0 atom stereocenters. The van der Waals surface area contributed by atoms with Gasteiger partial charge in [-0.1, -0.05) is 0 Å². The van der Waals surface area contributed by atoms with Crippen LogP contribution in [0.2, 0.25) is 0 Å². The fourth-order valence-corrected chi connectivity index (χ4v) is 0.916. The van der Waals surface area contributed by atoms with Gasteiger partial charge in [0.05, 0.1) is 0 Å². The minimum Gasteiger partial charge on any atom is -0.346 e. The molecule has 1 aromatic rings. The van der Waals surface area contributed by atoms with Gasteiger partial charge in [0.2, 0.25) is 0 Å². The number of hydrogen-bond acceptors (Lipinski definition) is 1. The SMILES string of the molecule is CC(=O)c1c(F)ccn1C. The summed E-state index contributed by atoms with van der Waals surface area (Å²) in [7, 11) is 1.64. The zero-order valence-electron chi connectivity index (χ0n) is 5.89. The molecule has 0 unspecified atom stereocenters. The summed E-state index contributed by atoms with van der Waals surface area (Å²) in [6.45, 7) is 1.35. The van der Waals surface area contributed by atoms with E-state index < -0.39 is 5.82 Å². The van der Waals surface area contributed by atoms with Gasteiger partial charge < -0.3 is 4.57 Å². The Bertz CT molecular complexity index is 245. The zero-order valence-corrected chi connectivity index (χ0v) is 5.89. The molecule has 1 heterocycles. The van der Waals surface area contributed by atoms with Crippen LogP contribution in [-0.4, -0.2) is 10.4 Å². The summed E-state index contributed by atoms with van der Waals surface area (Å²) in [5.74, 6) is -0.694. The summed E-state index contributed by atoms with van der Waals surface area (Å²) >= 11 is 0. The summed E-state index contributed by atoms with van der Waals surface area (Å²) in [5.41, 5.74) is 0.139. The molecule has 3 heteroatoms. The number of nitrogens with zero attached hydrogens (tertiary/aromatic N) is 1. The second kappa shape index (κ2) is 2.25. The summed E-state index contributed by atoms with van der Waals surface area (Å²) in [6.07, 6.45) is 1.52. The van der Waals surface area contributed by atoms with Crippen LogP contribution in [0.4, 0.5) is 4.39 Å². The number of Topliss-reactive ketones (excluding diaryl/α,β-unsaturated/α-hetero) is 1. The van der Waals surface area contributed by atoms with Crippen LogP contribution in [0.25, 0.3) is 0 Å². The van der Waals surface area contributed by atoms with Crippen molar-refractivity contribution < 1.29 is 9.18 Å². The first-order valence-electron chi connectivity index (χ1n) is 2.94. The molecule has 0 saturated heterocycles. The van der Waals surface area contributed by atoms with Crippen molar-refractivity contribution >= 4 is 5.78 Å². The third-order valence-electron chi connectivity index (χ3n) is 1.36. The van der Waals surface area contributed by atoms with Crippen molar-refractivity contribution in [3.05, 3.63) is 23.8 Å². The minimum absolute atomic E-state index is 0.139. The predicted octanol–water partition coefficient (Wildman–Crippen LogP) is 1.37. The Balaban J connectivity index is 3.23. The van der Waals surface area contributed by atoms with Crippen molar-refractivity contribution in [1.29, 1.82) is 0 Å². The van der Waals surface area contributed by atoms with E-state index in [0.29, 0.717) is 0 Å². The topological polar surface area (TPSA) is 22.0 Å². The first kappa shape index (κ1) is 6.99. The smallest absolute Gasteiger partial charge is 0.179 e. The van der Waals surface area contributed by atoms with Crippen LogP contribution in [0, 0.1) is 5.82 Å². The van der Waals surface area contributed by atoms with Crippen molar-refractivity contribution in [1.82, 2.24) is 4.57 Å². The van der Waals surface area contributed by atoms with E-state index in [4.69, 9.17) is 0 Å². The molecule has 0 saturated carbocycles. The fourth-order valence-electron chi connectivity index (χ4n) is 0.916. The molecule has 0 aliphatic carbocycles. The van der Waals surface area contributed by atoms with Gasteiger partial charge >= 0.3 is 0 Å². The van der Waals surface area contributed by atoms with Gasteiger partial charge in [0.15, 0.2) is 11.6 Å². The van der Waals surface area contributed by atoms with Gasteiger partial charge in [0.1, 0.15) is 5.69 Å². The molecule has 0 N–H and O–H groups in total. The van der Waals surface area contributed by atoms with Crippen molar-refractivity contribution in [2.75, 3.05) is 0 Å². The average molecular weight is 141 g/mol. The van der Waals surface area contributed by atoms with Crippen LogP contribution >= 0.6 is 0 Å². The van der Waals surface area contributed by atoms with E-state index in [0.717, 1.165) is 0 Å². The monoisotopic (exact) mass is 141 g/mol. The van der Waals surface area contributed by atoms with Crippen molar-refractivity contribution in [2.45, 2.75) is 6.92 Å². The highest BCUT2D eigenvalue weighted by molar-refractivity contribution is 5.92. The number of carbonyl (C=O) groups is 1. The van der Waals surface area contributed by atoms with Gasteiger partial charge in [-0.25, -0.2) is 4.39 Å². The van der Waals surface area contributed by atoms with Gasteiger partial charge in [-0.3, -0.25) is 4.79 Å². The Labute approximate surface area is 58.3 Å². The number of aromatic nitrogens is 1. The highest BCUT2D eigenvalue weighted by Gasteiger charge is 2.09. The Hall–Kier alpha value is -1.12. The van der Waals surface area contributed by atoms with Gasteiger partial charge in [0, 0.05) is 20.2 Å². The number of rotatable bonds is 1. The number of carbonyl (C=O) groups excluding carboxylic acids is 1. The van der Waals surface area contributed by atoms with E-state index >= 15 is 0 Å². The Morgan fingerprint density at radius 1 is 1.70 bits per heavy atom. The van der Waals surface area contributed by atoms with Crippen LogP contribution in [0.1, 0.15) is 17.4 Å². The lowest BCUT2D eigenvalue weighted by atomic mass is 10.3. The third-order valence-corrected chi connectivity index (χ3v) is 1.36. The van der Waals surface area contributed by atoms with E-state index in [-0.39, 0.29) is 11.5 Å². The molecule has 1 aromatic heterocycles. The Morgan fingerprint density at radius 3 is 2.50 bits per heavy atom.